The van der Waals surface area contributed by atoms with Gasteiger partial charge in [-0.1, -0.05) is 34.6 Å². The van der Waals surface area contributed by atoms with Crippen molar-refractivity contribution in [3.63, 3.8) is 0 Å². The fourth-order valence-electron chi connectivity index (χ4n) is 1.86. The van der Waals surface area contributed by atoms with Gasteiger partial charge in [-0.2, -0.15) is 0 Å². The van der Waals surface area contributed by atoms with Crippen molar-refractivity contribution < 1.29 is 0 Å². The Bertz CT molecular complexity index is 138. The highest BCUT2D eigenvalue weighted by molar-refractivity contribution is 6.23. The molecule has 3 unspecified atom stereocenters. The SMILES string of the molecule is CCC(C)(Cl)C(C)C(C)CC(C)C. The van der Waals surface area contributed by atoms with E-state index in [0.29, 0.717) is 5.92 Å². The standard InChI is InChI=1S/C12H25Cl/c1-7-12(6,13)11(5)10(4)8-9(2)3/h9-11H,7-8H2,1-6H3. The van der Waals surface area contributed by atoms with E-state index in [9.17, 15) is 0 Å². The van der Waals surface area contributed by atoms with Crippen LogP contribution in [0.4, 0.5) is 0 Å². The summed E-state index contributed by atoms with van der Waals surface area (Å²) in [6.45, 7) is 13.5. The lowest BCUT2D eigenvalue weighted by Gasteiger charge is -2.33. The smallest absolute Gasteiger partial charge is 0.0444 e. The molecule has 0 fully saturated rings. The van der Waals surface area contributed by atoms with Crippen LogP contribution in [0.15, 0.2) is 0 Å². The summed E-state index contributed by atoms with van der Waals surface area (Å²) in [4.78, 5) is -0.0195. The van der Waals surface area contributed by atoms with Gasteiger partial charge in [0.2, 0.25) is 0 Å². The van der Waals surface area contributed by atoms with Gasteiger partial charge in [-0.25, -0.2) is 0 Å². The van der Waals surface area contributed by atoms with E-state index in [-0.39, 0.29) is 4.87 Å². The third kappa shape index (κ3) is 4.35. The van der Waals surface area contributed by atoms with Gasteiger partial charge in [-0.3, -0.25) is 0 Å². The molecule has 0 nitrogen and oxygen atoms in total. The van der Waals surface area contributed by atoms with E-state index in [1.54, 1.807) is 0 Å². The molecule has 80 valence electrons. The zero-order valence-corrected chi connectivity index (χ0v) is 10.8. The van der Waals surface area contributed by atoms with Gasteiger partial charge in [-0.05, 0) is 37.5 Å². The van der Waals surface area contributed by atoms with Crippen molar-refractivity contribution in [1.82, 2.24) is 0 Å². The van der Waals surface area contributed by atoms with Gasteiger partial charge >= 0.3 is 0 Å². The number of rotatable bonds is 5. The van der Waals surface area contributed by atoms with Crippen LogP contribution in [0, 0.1) is 17.8 Å². The highest BCUT2D eigenvalue weighted by Gasteiger charge is 2.30. The van der Waals surface area contributed by atoms with E-state index in [1.165, 1.54) is 6.42 Å². The van der Waals surface area contributed by atoms with Crippen LogP contribution in [0.2, 0.25) is 0 Å². The number of hydrogen-bond donors (Lipinski definition) is 0. The molecule has 0 aliphatic rings. The van der Waals surface area contributed by atoms with Gasteiger partial charge in [-0.15, -0.1) is 11.6 Å². The molecule has 0 aliphatic carbocycles. The van der Waals surface area contributed by atoms with Crippen molar-refractivity contribution in [2.75, 3.05) is 0 Å². The lowest BCUT2D eigenvalue weighted by Crippen LogP contribution is -2.30. The summed E-state index contributed by atoms with van der Waals surface area (Å²) < 4.78 is 0. The largest absolute Gasteiger partial charge is 0.119 e. The van der Waals surface area contributed by atoms with E-state index in [1.807, 2.05) is 0 Å². The molecule has 3 atom stereocenters. The Morgan fingerprint density at radius 2 is 1.62 bits per heavy atom. The number of alkyl halides is 1. The maximum absolute atomic E-state index is 6.45. The normalized spacial score (nSPS) is 21.2. The van der Waals surface area contributed by atoms with Crippen LogP contribution >= 0.6 is 11.6 Å². The first-order valence-electron chi connectivity index (χ1n) is 5.50. The van der Waals surface area contributed by atoms with E-state index in [0.717, 1.165) is 18.3 Å². The van der Waals surface area contributed by atoms with Gasteiger partial charge in [0.15, 0.2) is 0 Å². The number of hydrogen-bond acceptors (Lipinski definition) is 0. The molecule has 0 bridgehead atoms. The Balaban J connectivity index is 4.16. The van der Waals surface area contributed by atoms with E-state index < -0.39 is 0 Å². The quantitative estimate of drug-likeness (QED) is 0.569. The first kappa shape index (κ1) is 13.3. The Morgan fingerprint density at radius 3 is 1.92 bits per heavy atom. The van der Waals surface area contributed by atoms with Crippen LogP contribution in [0.3, 0.4) is 0 Å². The van der Waals surface area contributed by atoms with Crippen LogP contribution in [-0.2, 0) is 0 Å². The van der Waals surface area contributed by atoms with Gasteiger partial charge in [0.05, 0.1) is 0 Å². The van der Waals surface area contributed by atoms with Crippen molar-refractivity contribution >= 4 is 11.6 Å². The first-order valence-corrected chi connectivity index (χ1v) is 5.88. The zero-order valence-electron chi connectivity index (χ0n) is 10.0. The molecule has 13 heavy (non-hydrogen) atoms. The molecule has 0 rings (SSSR count). The molecule has 0 aromatic heterocycles. The fraction of sp³-hybridized carbons (Fsp3) is 1.00. The van der Waals surface area contributed by atoms with Crippen molar-refractivity contribution in [1.29, 1.82) is 0 Å². The highest BCUT2D eigenvalue weighted by Crippen LogP contribution is 2.35. The summed E-state index contributed by atoms with van der Waals surface area (Å²) in [6, 6.07) is 0. The predicted molar refractivity (Wildman–Crippen MR) is 62.3 cm³/mol. The van der Waals surface area contributed by atoms with E-state index in [4.69, 9.17) is 11.6 Å². The molecule has 0 radical (unpaired) electrons. The van der Waals surface area contributed by atoms with Crippen molar-refractivity contribution in [2.24, 2.45) is 17.8 Å². The minimum atomic E-state index is -0.0195. The molecule has 0 N–H and O–H groups in total. The molecule has 0 aromatic rings. The average molecular weight is 205 g/mol. The molecule has 1 heteroatoms. The van der Waals surface area contributed by atoms with Crippen molar-refractivity contribution in [3.05, 3.63) is 0 Å². The highest BCUT2D eigenvalue weighted by atomic mass is 35.5. The summed E-state index contributed by atoms with van der Waals surface area (Å²) in [7, 11) is 0. The molecule has 0 spiro atoms. The first-order chi connectivity index (χ1) is 5.81. The second-order valence-corrected chi connectivity index (χ2v) is 5.89. The van der Waals surface area contributed by atoms with Crippen LogP contribution in [-0.4, -0.2) is 4.87 Å². The van der Waals surface area contributed by atoms with Gasteiger partial charge in [0.1, 0.15) is 0 Å². The van der Waals surface area contributed by atoms with Gasteiger partial charge < -0.3 is 0 Å². The second-order valence-electron chi connectivity index (χ2n) is 5.03. The summed E-state index contributed by atoms with van der Waals surface area (Å²) in [6.07, 6.45) is 2.33. The van der Waals surface area contributed by atoms with Crippen LogP contribution in [0.25, 0.3) is 0 Å². The topological polar surface area (TPSA) is 0 Å². The average Bonchev–Trinajstić information content (AvgIpc) is 2.01. The fourth-order valence-corrected chi connectivity index (χ4v) is 2.08. The maximum atomic E-state index is 6.45. The minimum Gasteiger partial charge on any atom is -0.119 e. The Kier molecular flexibility index (Phi) is 5.36. The molecular weight excluding hydrogens is 180 g/mol. The summed E-state index contributed by atoms with van der Waals surface area (Å²) in [5.41, 5.74) is 0. The predicted octanol–water partition coefficient (Wildman–Crippen LogP) is 4.71. The van der Waals surface area contributed by atoms with Crippen molar-refractivity contribution in [2.45, 2.75) is 59.3 Å². The second kappa shape index (κ2) is 5.24. The number of halogens is 1. The van der Waals surface area contributed by atoms with Crippen molar-refractivity contribution in [3.8, 4) is 0 Å². The van der Waals surface area contributed by atoms with E-state index >= 15 is 0 Å². The Labute approximate surface area is 89.1 Å². The van der Waals surface area contributed by atoms with Gasteiger partial charge in [0.25, 0.3) is 0 Å². The van der Waals surface area contributed by atoms with Crippen LogP contribution in [0.1, 0.15) is 54.4 Å². The monoisotopic (exact) mass is 204 g/mol. The Hall–Kier alpha value is 0.290. The molecule has 0 saturated heterocycles. The Morgan fingerprint density at radius 1 is 1.15 bits per heavy atom. The van der Waals surface area contributed by atoms with Gasteiger partial charge in [0, 0.05) is 4.87 Å². The lowest BCUT2D eigenvalue weighted by atomic mass is 9.79. The molecule has 0 saturated carbocycles. The molecular formula is C12H25Cl. The maximum Gasteiger partial charge on any atom is 0.0444 e. The summed E-state index contributed by atoms with van der Waals surface area (Å²) >= 11 is 6.45. The zero-order chi connectivity index (χ0) is 10.6. The van der Waals surface area contributed by atoms with Crippen LogP contribution < -0.4 is 0 Å². The molecule has 0 aromatic carbocycles. The lowest BCUT2D eigenvalue weighted by molar-refractivity contribution is 0.260. The summed E-state index contributed by atoms with van der Waals surface area (Å²) in [5, 5.41) is 0. The van der Waals surface area contributed by atoms with E-state index in [2.05, 4.69) is 41.5 Å². The molecule has 0 amide bonds. The summed E-state index contributed by atoms with van der Waals surface area (Å²) in [5.74, 6) is 2.10. The molecule has 0 heterocycles. The van der Waals surface area contributed by atoms with Crippen LogP contribution in [0.5, 0.6) is 0 Å². The third-order valence-electron chi connectivity index (χ3n) is 3.34. The third-order valence-corrected chi connectivity index (χ3v) is 3.95. The molecule has 0 aliphatic heterocycles. The minimum absolute atomic E-state index is 0.0195.